The van der Waals surface area contributed by atoms with E-state index in [1.165, 1.54) is 0 Å². The Labute approximate surface area is 199 Å². The minimum absolute atomic E-state index is 0.144. The van der Waals surface area contributed by atoms with E-state index < -0.39 is 8.32 Å². The fourth-order valence-electron chi connectivity index (χ4n) is 3.00. The highest BCUT2D eigenvalue weighted by Gasteiger charge is 2.37. The van der Waals surface area contributed by atoms with Gasteiger partial charge in [-0.1, -0.05) is 20.8 Å². The second kappa shape index (κ2) is 9.80. The number of fused-ring (bicyclic) bond motifs is 1. The zero-order chi connectivity index (χ0) is 23.5. The molecule has 1 aromatic carbocycles. The van der Waals surface area contributed by atoms with Crippen LogP contribution in [-0.4, -0.2) is 45.7 Å². The maximum atomic E-state index is 6.43. The number of ether oxygens (including phenoxy) is 2. The number of benzene rings is 1. The predicted octanol–water partition coefficient (Wildman–Crippen LogP) is 6.03. The standard InChI is InChI=1S/C23H32BrN3O4Si/c1-23(2,3)32(6,7)30-11-10-27(15-16-8-9-17(28-4)12-20(16)29-5)22-26-19-14-25-13-18(24)21(19)31-22/h8-9,12-14H,10-11,15H2,1-7H3. The van der Waals surface area contributed by atoms with Crippen molar-refractivity contribution in [3.05, 3.63) is 40.6 Å². The number of halogens is 1. The summed E-state index contributed by atoms with van der Waals surface area (Å²) in [6.07, 6.45) is 3.40. The molecular weight excluding hydrogens is 490 g/mol. The lowest BCUT2D eigenvalue weighted by molar-refractivity contribution is 0.291. The Bertz CT molecular complexity index is 1070. The molecule has 3 aromatic rings. The molecule has 174 valence electrons. The fourth-order valence-corrected chi connectivity index (χ4v) is 4.44. The van der Waals surface area contributed by atoms with Gasteiger partial charge in [0, 0.05) is 24.4 Å². The number of rotatable bonds is 9. The highest BCUT2D eigenvalue weighted by molar-refractivity contribution is 9.10. The van der Waals surface area contributed by atoms with Crippen molar-refractivity contribution in [3.63, 3.8) is 0 Å². The summed E-state index contributed by atoms with van der Waals surface area (Å²) in [5, 5.41) is 0.144. The van der Waals surface area contributed by atoms with Crippen molar-refractivity contribution < 1.29 is 18.3 Å². The van der Waals surface area contributed by atoms with Crippen LogP contribution in [0.5, 0.6) is 11.5 Å². The molecular formula is C23H32BrN3O4Si. The van der Waals surface area contributed by atoms with E-state index in [2.05, 4.69) is 64.7 Å². The molecule has 9 heteroatoms. The van der Waals surface area contributed by atoms with Crippen LogP contribution >= 0.6 is 15.9 Å². The van der Waals surface area contributed by atoms with Gasteiger partial charge < -0.3 is 23.2 Å². The van der Waals surface area contributed by atoms with Crippen LogP contribution in [0.4, 0.5) is 6.01 Å². The lowest BCUT2D eigenvalue weighted by Gasteiger charge is -2.36. The molecule has 32 heavy (non-hydrogen) atoms. The lowest BCUT2D eigenvalue weighted by Crippen LogP contribution is -2.42. The summed E-state index contributed by atoms with van der Waals surface area (Å²) < 4.78 is 24.3. The Balaban J connectivity index is 1.89. The Kier molecular flexibility index (Phi) is 7.52. The number of hydrogen-bond donors (Lipinski definition) is 0. The van der Waals surface area contributed by atoms with E-state index in [0.717, 1.165) is 21.5 Å². The summed E-state index contributed by atoms with van der Waals surface area (Å²) in [7, 11) is 1.43. The summed E-state index contributed by atoms with van der Waals surface area (Å²) >= 11 is 3.50. The van der Waals surface area contributed by atoms with E-state index in [-0.39, 0.29) is 5.04 Å². The quantitative estimate of drug-likeness (QED) is 0.318. The Morgan fingerprint density at radius 3 is 2.50 bits per heavy atom. The number of hydrogen-bond acceptors (Lipinski definition) is 7. The number of anilines is 1. The third-order valence-electron chi connectivity index (χ3n) is 6.00. The zero-order valence-electron chi connectivity index (χ0n) is 19.9. The smallest absolute Gasteiger partial charge is 0.298 e. The molecule has 0 N–H and O–H groups in total. The monoisotopic (exact) mass is 521 g/mol. The highest BCUT2D eigenvalue weighted by atomic mass is 79.9. The third-order valence-corrected chi connectivity index (χ3v) is 11.1. The van der Waals surface area contributed by atoms with Crippen LogP contribution in [0.1, 0.15) is 26.3 Å². The molecule has 0 aliphatic carbocycles. The summed E-state index contributed by atoms with van der Waals surface area (Å²) in [6, 6.07) is 6.32. The van der Waals surface area contributed by atoms with Crippen LogP contribution in [0.15, 0.2) is 39.5 Å². The van der Waals surface area contributed by atoms with E-state index in [0.29, 0.717) is 36.8 Å². The van der Waals surface area contributed by atoms with Crippen LogP contribution in [0.25, 0.3) is 11.1 Å². The van der Waals surface area contributed by atoms with Gasteiger partial charge in [-0.3, -0.25) is 4.98 Å². The summed E-state index contributed by atoms with van der Waals surface area (Å²) in [5.41, 5.74) is 2.37. The average Bonchev–Trinajstić information content (AvgIpc) is 3.18. The van der Waals surface area contributed by atoms with Crippen molar-refractivity contribution >= 4 is 41.4 Å². The van der Waals surface area contributed by atoms with Crippen LogP contribution < -0.4 is 14.4 Å². The zero-order valence-corrected chi connectivity index (χ0v) is 22.4. The van der Waals surface area contributed by atoms with Crippen molar-refractivity contribution in [1.29, 1.82) is 0 Å². The Morgan fingerprint density at radius 2 is 1.88 bits per heavy atom. The number of aromatic nitrogens is 2. The molecule has 0 unspecified atom stereocenters. The average molecular weight is 523 g/mol. The highest BCUT2D eigenvalue weighted by Crippen LogP contribution is 2.37. The molecule has 0 aliphatic heterocycles. The number of oxazole rings is 1. The first-order chi connectivity index (χ1) is 15.1. The minimum atomic E-state index is -1.87. The Hall–Kier alpha value is -2.10. The molecule has 0 amide bonds. The van der Waals surface area contributed by atoms with Gasteiger partial charge >= 0.3 is 0 Å². The molecule has 0 radical (unpaired) electrons. The molecule has 2 aromatic heterocycles. The largest absolute Gasteiger partial charge is 0.497 e. The summed E-state index contributed by atoms with van der Waals surface area (Å²) in [5.74, 6) is 1.49. The maximum Gasteiger partial charge on any atom is 0.298 e. The van der Waals surface area contributed by atoms with E-state index in [1.807, 2.05) is 18.2 Å². The van der Waals surface area contributed by atoms with E-state index in [4.69, 9.17) is 18.3 Å². The van der Waals surface area contributed by atoms with Crippen LogP contribution in [0.3, 0.4) is 0 Å². The lowest BCUT2D eigenvalue weighted by atomic mass is 10.1. The molecule has 0 saturated heterocycles. The normalized spacial score (nSPS) is 12.2. The molecule has 0 atom stereocenters. The van der Waals surface area contributed by atoms with Crippen molar-refractivity contribution in [3.8, 4) is 11.5 Å². The number of methoxy groups -OCH3 is 2. The minimum Gasteiger partial charge on any atom is -0.497 e. The van der Waals surface area contributed by atoms with E-state index in [9.17, 15) is 0 Å². The van der Waals surface area contributed by atoms with Gasteiger partial charge in [0.25, 0.3) is 6.01 Å². The summed E-state index contributed by atoms with van der Waals surface area (Å²) in [4.78, 5) is 10.9. The SMILES string of the molecule is COc1ccc(CN(CCO[Si](C)(C)C(C)(C)C)c2nc3cncc(Br)c3o2)c(OC)c1. The summed E-state index contributed by atoms with van der Waals surface area (Å²) in [6.45, 7) is 13.0. The predicted molar refractivity (Wildman–Crippen MR) is 133 cm³/mol. The first-order valence-corrected chi connectivity index (χ1v) is 14.3. The number of nitrogens with zero attached hydrogens (tertiary/aromatic N) is 3. The van der Waals surface area contributed by atoms with Gasteiger partial charge in [-0.2, -0.15) is 4.98 Å². The van der Waals surface area contributed by atoms with Crippen molar-refractivity contribution in [2.24, 2.45) is 0 Å². The number of pyridine rings is 1. The topological polar surface area (TPSA) is 69.9 Å². The molecule has 0 spiro atoms. The van der Waals surface area contributed by atoms with Crippen molar-refractivity contribution in [2.45, 2.75) is 45.4 Å². The van der Waals surface area contributed by atoms with Crippen LogP contribution in [0, 0.1) is 0 Å². The molecule has 0 bridgehead atoms. The molecule has 3 rings (SSSR count). The molecule has 0 fully saturated rings. The van der Waals surface area contributed by atoms with Gasteiger partial charge in [0.15, 0.2) is 13.9 Å². The molecule has 7 nitrogen and oxygen atoms in total. The molecule has 0 aliphatic rings. The second-order valence-corrected chi connectivity index (χ2v) is 14.8. The fraction of sp³-hybridized carbons (Fsp3) is 0.478. The van der Waals surface area contributed by atoms with E-state index >= 15 is 0 Å². The first kappa shape index (κ1) is 24.5. The first-order valence-electron chi connectivity index (χ1n) is 10.6. The van der Waals surface area contributed by atoms with Gasteiger partial charge in [0.2, 0.25) is 0 Å². The van der Waals surface area contributed by atoms with Crippen molar-refractivity contribution in [1.82, 2.24) is 9.97 Å². The third kappa shape index (κ3) is 5.44. The Morgan fingerprint density at radius 1 is 1.12 bits per heavy atom. The van der Waals surface area contributed by atoms with E-state index in [1.54, 1.807) is 26.6 Å². The van der Waals surface area contributed by atoms with Gasteiger partial charge in [-0.15, -0.1) is 0 Å². The second-order valence-electron chi connectivity index (χ2n) is 9.17. The van der Waals surface area contributed by atoms with Gasteiger partial charge in [-0.05, 0) is 46.2 Å². The van der Waals surface area contributed by atoms with Gasteiger partial charge in [0.05, 0.1) is 38.0 Å². The van der Waals surface area contributed by atoms with Crippen LogP contribution in [0.2, 0.25) is 18.1 Å². The van der Waals surface area contributed by atoms with Gasteiger partial charge in [0.1, 0.15) is 17.0 Å². The maximum absolute atomic E-state index is 6.43. The molecule has 2 heterocycles. The van der Waals surface area contributed by atoms with Crippen LogP contribution in [-0.2, 0) is 11.0 Å². The van der Waals surface area contributed by atoms with Crippen molar-refractivity contribution in [2.75, 3.05) is 32.3 Å². The molecule has 0 saturated carbocycles. The van der Waals surface area contributed by atoms with Gasteiger partial charge in [-0.25, -0.2) is 0 Å².